The van der Waals surface area contributed by atoms with Crippen LogP contribution in [-0.4, -0.2) is 16.5 Å². The fraction of sp³-hybridized carbons (Fsp3) is 0.267. The highest BCUT2D eigenvalue weighted by Gasteiger charge is 1.95. The van der Waals surface area contributed by atoms with Gasteiger partial charge in [-0.2, -0.15) is 11.8 Å². The van der Waals surface area contributed by atoms with Gasteiger partial charge in [0.2, 0.25) is 0 Å². The van der Waals surface area contributed by atoms with E-state index in [9.17, 15) is 0 Å². The van der Waals surface area contributed by atoms with Crippen LogP contribution in [0.1, 0.15) is 11.3 Å². The van der Waals surface area contributed by atoms with E-state index in [2.05, 4.69) is 47.4 Å². The van der Waals surface area contributed by atoms with Gasteiger partial charge in [0, 0.05) is 11.9 Å². The minimum Gasteiger partial charge on any atom is -0.261 e. The van der Waals surface area contributed by atoms with E-state index in [4.69, 9.17) is 0 Å². The fourth-order valence-electron chi connectivity index (χ4n) is 1.66. The van der Waals surface area contributed by atoms with Gasteiger partial charge in [-0.1, -0.05) is 36.4 Å². The maximum absolute atomic E-state index is 4.32. The molecule has 1 aromatic heterocycles. The maximum Gasteiger partial charge on any atom is 0.0411 e. The van der Waals surface area contributed by atoms with Crippen molar-refractivity contribution in [2.24, 2.45) is 0 Å². The summed E-state index contributed by atoms with van der Waals surface area (Å²) in [5.41, 5.74) is 2.62. The molecule has 0 saturated carbocycles. The van der Waals surface area contributed by atoms with Crippen molar-refractivity contribution in [1.29, 1.82) is 0 Å². The summed E-state index contributed by atoms with van der Waals surface area (Å²) in [5, 5.41) is 0. The van der Waals surface area contributed by atoms with Gasteiger partial charge < -0.3 is 0 Å². The molecule has 88 valence electrons. The second kappa shape index (κ2) is 7.13. The van der Waals surface area contributed by atoms with Crippen LogP contribution in [0.2, 0.25) is 0 Å². The van der Waals surface area contributed by atoms with Crippen LogP contribution >= 0.6 is 11.8 Å². The summed E-state index contributed by atoms with van der Waals surface area (Å²) >= 11 is 2.00. The number of benzene rings is 1. The van der Waals surface area contributed by atoms with Crippen molar-refractivity contribution in [2.75, 3.05) is 11.5 Å². The molecule has 0 bridgehead atoms. The molecule has 1 nitrogen and oxygen atoms in total. The van der Waals surface area contributed by atoms with Crippen molar-refractivity contribution in [1.82, 2.24) is 4.98 Å². The Hall–Kier alpha value is -1.28. The molecule has 0 atom stereocenters. The summed E-state index contributed by atoms with van der Waals surface area (Å²) in [6.45, 7) is 0. The van der Waals surface area contributed by atoms with Crippen LogP contribution in [0.25, 0.3) is 0 Å². The van der Waals surface area contributed by atoms with E-state index in [0.29, 0.717) is 0 Å². The SMILES string of the molecule is c1ccc(CCSCCc2ccccn2)cc1. The first-order valence-electron chi connectivity index (χ1n) is 5.97. The second-order valence-electron chi connectivity index (χ2n) is 3.92. The minimum absolute atomic E-state index is 1.07. The van der Waals surface area contributed by atoms with Crippen molar-refractivity contribution < 1.29 is 0 Å². The molecule has 2 heteroatoms. The van der Waals surface area contributed by atoms with Crippen molar-refractivity contribution in [3.63, 3.8) is 0 Å². The van der Waals surface area contributed by atoms with Gasteiger partial charge in [-0.25, -0.2) is 0 Å². The molecule has 0 unspecified atom stereocenters. The van der Waals surface area contributed by atoms with Gasteiger partial charge in [0.25, 0.3) is 0 Å². The monoisotopic (exact) mass is 243 g/mol. The van der Waals surface area contributed by atoms with E-state index in [1.54, 1.807) is 0 Å². The van der Waals surface area contributed by atoms with Crippen molar-refractivity contribution >= 4 is 11.8 Å². The molecule has 0 spiro atoms. The van der Waals surface area contributed by atoms with Crippen molar-refractivity contribution in [3.8, 4) is 0 Å². The molecule has 0 N–H and O–H groups in total. The number of rotatable bonds is 6. The molecular formula is C15H17NS. The van der Waals surface area contributed by atoms with Crippen LogP contribution < -0.4 is 0 Å². The van der Waals surface area contributed by atoms with E-state index in [0.717, 1.165) is 18.6 Å². The average molecular weight is 243 g/mol. The summed E-state index contributed by atoms with van der Waals surface area (Å²) in [6.07, 6.45) is 4.10. The number of thioether (sulfide) groups is 1. The highest BCUT2D eigenvalue weighted by atomic mass is 32.2. The molecule has 2 aromatic rings. The predicted octanol–water partition coefficient (Wildman–Crippen LogP) is 3.60. The quantitative estimate of drug-likeness (QED) is 0.719. The van der Waals surface area contributed by atoms with Gasteiger partial charge >= 0.3 is 0 Å². The molecule has 0 fully saturated rings. The Morgan fingerprint density at radius 3 is 2.35 bits per heavy atom. The zero-order valence-corrected chi connectivity index (χ0v) is 10.7. The Morgan fingerprint density at radius 1 is 0.824 bits per heavy atom. The number of pyridine rings is 1. The molecule has 0 radical (unpaired) electrons. The largest absolute Gasteiger partial charge is 0.261 e. The third kappa shape index (κ3) is 4.61. The predicted molar refractivity (Wildman–Crippen MR) is 75.4 cm³/mol. The normalized spacial score (nSPS) is 10.4. The zero-order valence-electron chi connectivity index (χ0n) is 9.88. The Kier molecular flexibility index (Phi) is 5.11. The fourth-order valence-corrected chi connectivity index (χ4v) is 2.60. The average Bonchev–Trinajstić information content (AvgIpc) is 2.41. The molecule has 2 rings (SSSR count). The molecule has 0 amide bonds. The van der Waals surface area contributed by atoms with Crippen molar-refractivity contribution in [3.05, 3.63) is 66.0 Å². The molecule has 0 aliphatic rings. The van der Waals surface area contributed by atoms with E-state index in [-0.39, 0.29) is 0 Å². The Balaban J connectivity index is 1.61. The first-order valence-corrected chi connectivity index (χ1v) is 7.12. The highest BCUT2D eigenvalue weighted by Crippen LogP contribution is 2.08. The smallest absolute Gasteiger partial charge is 0.0411 e. The van der Waals surface area contributed by atoms with Gasteiger partial charge in [0.1, 0.15) is 0 Å². The highest BCUT2D eigenvalue weighted by molar-refractivity contribution is 7.99. The second-order valence-corrected chi connectivity index (χ2v) is 5.14. The van der Waals surface area contributed by atoms with E-state index in [1.807, 2.05) is 24.0 Å². The lowest BCUT2D eigenvalue weighted by Crippen LogP contribution is -1.94. The van der Waals surface area contributed by atoms with E-state index in [1.165, 1.54) is 17.0 Å². The number of hydrogen-bond donors (Lipinski definition) is 0. The topological polar surface area (TPSA) is 12.9 Å². The summed E-state index contributed by atoms with van der Waals surface area (Å²) in [5.74, 6) is 2.35. The molecule has 1 heterocycles. The lowest BCUT2D eigenvalue weighted by Gasteiger charge is -2.02. The number of hydrogen-bond acceptors (Lipinski definition) is 2. The van der Waals surface area contributed by atoms with Gasteiger partial charge in [0.05, 0.1) is 0 Å². The number of nitrogens with zero attached hydrogens (tertiary/aromatic N) is 1. The third-order valence-electron chi connectivity index (χ3n) is 2.61. The third-order valence-corrected chi connectivity index (χ3v) is 3.59. The summed E-state index contributed by atoms with van der Waals surface area (Å²) < 4.78 is 0. The molecule has 1 aromatic carbocycles. The van der Waals surface area contributed by atoms with Crippen LogP contribution in [-0.2, 0) is 12.8 Å². The minimum atomic E-state index is 1.07. The molecule has 0 aliphatic heterocycles. The van der Waals surface area contributed by atoms with E-state index < -0.39 is 0 Å². The van der Waals surface area contributed by atoms with Crippen LogP contribution in [0, 0.1) is 0 Å². The standard InChI is InChI=1S/C15H17NS/c1-2-6-14(7-3-1)9-12-17-13-10-15-8-4-5-11-16-15/h1-8,11H,9-10,12-13H2. The summed E-state index contributed by atoms with van der Waals surface area (Å²) in [7, 11) is 0. The summed E-state index contributed by atoms with van der Waals surface area (Å²) in [6, 6.07) is 16.8. The number of aromatic nitrogens is 1. The van der Waals surface area contributed by atoms with Crippen LogP contribution in [0.15, 0.2) is 54.7 Å². The Bertz CT molecular complexity index is 372. The maximum atomic E-state index is 4.32. The lowest BCUT2D eigenvalue weighted by atomic mass is 10.2. The van der Waals surface area contributed by atoms with Gasteiger partial charge in [-0.05, 0) is 42.0 Å². The lowest BCUT2D eigenvalue weighted by molar-refractivity contribution is 1.04. The molecular weight excluding hydrogens is 226 g/mol. The first-order chi connectivity index (χ1) is 8.45. The van der Waals surface area contributed by atoms with Gasteiger partial charge in [0.15, 0.2) is 0 Å². The zero-order chi connectivity index (χ0) is 11.8. The Labute approximate surface area is 107 Å². The van der Waals surface area contributed by atoms with Crippen LogP contribution in [0.5, 0.6) is 0 Å². The molecule has 0 saturated heterocycles. The van der Waals surface area contributed by atoms with Gasteiger partial charge in [-0.15, -0.1) is 0 Å². The van der Waals surface area contributed by atoms with Crippen LogP contribution in [0.3, 0.4) is 0 Å². The first kappa shape index (κ1) is 12.2. The summed E-state index contributed by atoms with van der Waals surface area (Å²) in [4.78, 5) is 4.32. The number of aryl methyl sites for hydroxylation is 2. The van der Waals surface area contributed by atoms with Gasteiger partial charge in [-0.3, -0.25) is 4.98 Å². The van der Waals surface area contributed by atoms with Crippen molar-refractivity contribution in [2.45, 2.75) is 12.8 Å². The van der Waals surface area contributed by atoms with Crippen LogP contribution in [0.4, 0.5) is 0 Å². The van der Waals surface area contributed by atoms with E-state index >= 15 is 0 Å². The Morgan fingerprint density at radius 2 is 1.59 bits per heavy atom. The molecule has 17 heavy (non-hydrogen) atoms. The molecule has 0 aliphatic carbocycles.